The standard InChI is InChI=1S/C10H8N4O/c1-6-12-10(14-15-6)7-2-3-9-8(4-7)5-11-13-9/h2-5H,1H3,(H,11,13). The van der Waals surface area contributed by atoms with Crippen LogP contribution in [-0.4, -0.2) is 20.3 Å². The van der Waals surface area contributed by atoms with Crippen molar-refractivity contribution in [1.29, 1.82) is 0 Å². The van der Waals surface area contributed by atoms with Gasteiger partial charge in [-0.2, -0.15) is 10.1 Å². The van der Waals surface area contributed by atoms with Crippen molar-refractivity contribution in [2.24, 2.45) is 0 Å². The zero-order valence-electron chi connectivity index (χ0n) is 8.06. The molecule has 3 aromatic rings. The normalized spacial score (nSPS) is 11.0. The number of fused-ring (bicyclic) bond motifs is 1. The van der Waals surface area contributed by atoms with Crippen LogP contribution in [-0.2, 0) is 0 Å². The Kier molecular flexibility index (Phi) is 1.58. The maximum absolute atomic E-state index is 4.93. The van der Waals surface area contributed by atoms with Gasteiger partial charge in [0.1, 0.15) is 0 Å². The second-order valence-electron chi connectivity index (χ2n) is 3.31. The predicted octanol–water partition coefficient (Wildman–Crippen LogP) is 1.92. The summed E-state index contributed by atoms with van der Waals surface area (Å²) in [6.07, 6.45) is 1.77. The quantitative estimate of drug-likeness (QED) is 0.651. The van der Waals surface area contributed by atoms with E-state index in [1.54, 1.807) is 13.1 Å². The van der Waals surface area contributed by atoms with E-state index in [2.05, 4.69) is 20.3 Å². The SMILES string of the molecule is Cc1nc(-c2ccc3[nH]ncc3c2)no1. The number of hydrogen-bond donors (Lipinski definition) is 1. The van der Waals surface area contributed by atoms with Crippen LogP contribution in [0.5, 0.6) is 0 Å². The largest absolute Gasteiger partial charge is 0.339 e. The number of aryl methyl sites for hydroxylation is 1. The van der Waals surface area contributed by atoms with E-state index in [1.807, 2.05) is 18.2 Å². The Morgan fingerprint density at radius 2 is 2.27 bits per heavy atom. The van der Waals surface area contributed by atoms with Crippen molar-refractivity contribution in [3.05, 3.63) is 30.3 Å². The van der Waals surface area contributed by atoms with Crippen molar-refractivity contribution in [3.8, 4) is 11.4 Å². The molecule has 0 aliphatic carbocycles. The lowest BCUT2D eigenvalue weighted by atomic mass is 10.1. The molecule has 0 bridgehead atoms. The maximum atomic E-state index is 4.93. The van der Waals surface area contributed by atoms with Crippen molar-refractivity contribution < 1.29 is 4.52 Å². The lowest BCUT2D eigenvalue weighted by Crippen LogP contribution is -1.80. The van der Waals surface area contributed by atoms with Gasteiger partial charge in [0.15, 0.2) is 0 Å². The van der Waals surface area contributed by atoms with Crippen LogP contribution < -0.4 is 0 Å². The van der Waals surface area contributed by atoms with E-state index in [9.17, 15) is 0 Å². The number of nitrogens with zero attached hydrogens (tertiary/aromatic N) is 3. The van der Waals surface area contributed by atoms with Crippen LogP contribution in [0.2, 0.25) is 0 Å². The highest BCUT2D eigenvalue weighted by Crippen LogP contribution is 2.20. The van der Waals surface area contributed by atoms with Gasteiger partial charge in [-0.25, -0.2) is 0 Å². The molecule has 74 valence electrons. The second kappa shape index (κ2) is 2.91. The fraction of sp³-hybridized carbons (Fsp3) is 0.100. The highest BCUT2D eigenvalue weighted by Gasteiger charge is 2.06. The Balaban J connectivity index is 2.18. The Bertz CT molecular complexity index is 610. The molecule has 0 saturated carbocycles. The van der Waals surface area contributed by atoms with E-state index in [-0.39, 0.29) is 0 Å². The predicted molar refractivity (Wildman–Crippen MR) is 54.1 cm³/mol. The summed E-state index contributed by atoms with van der Waals surface area (Å²) in [5.41, 5.74) is 1.93. The minimum atomic E-state index is 0.567. The third-order valence-electron chi connectivity index (χ3n) is 2.23. The first-order chi connectivity index (χ1) is 7.33. The Morgan fingerprint density at radius 1 is 1.33 bits per heavy atom. The van der Waals surface area contributed by atoms with Gasteiger partial charge in [0.2, 0.25) is 11.7 Å². The third kappa shape index (κ3) is 1.28. The van der Waals surface area contributed by atoms with E-state index in [4.69, 9.17) is 4.52 Å². The van der Waals surface area contributed by atoms with Crippen molar-refractivity contribution in [1.82, 2.24) is 20.3 Å². The van der Waals surface area contributed by atoms with E-state index in [0.717, 1.165) is 16.5 Å². The second-order valence-corrected chi connectivity index (χ2v) is 3.31. The van der Waals surface area contributed by atoms with Gasteiger partial charge in [-0.1, -0.05) is 5.16 Å². The zero-order valence-corrected chi connectivity index (χ0v) is 8.06. The highest BCUT2D eigenvalue weighted by molar-refractivity contribution is 5.82. The van der Waals surface area contributed by atoms with Gasteiger partial charge in [-0.15, -0.1) is 0 Å². The first-order valence-corrected chi connectivity index (χ1v) is 4.57. The van der Waals surface area contributed by atoms with Gasteiger partial charge >= 0.3 is 0 Å². The van der Waals surface area contributed by atoms with E-state index >= 15 is 0 Å². The molecule has 0 spiro atoms. The molecule has 1 N–H and O–H groups in total. The average Bonchev–Trinajstić information content (AvgIpc) is 2.84. The Labute approximate surface area is 85.1 Å². The minimum Gasteiger partial charge on any atom is -0.339 e. The van der Waals surface area contributed by atoms with Gasteiger partial charge in [0.05, 0.1) is 11.7 Å². The number of rotatable bonds is 1. The zero-order chi connectivity index (χ0) is 10.3. The fourth-order valence-corrected chi connectivity index (χ4v) is 1.50. The van der Waals surface area contributed by atoms with Crippen LogP contribution in [0, 0.1) is 6.92 Å². The van der Waals surface area contributed by atoms with Gasteiger partial charge < -0.3 is 4.52 Å². The number of hydrogen-bond acceptors (Lipinski definition) is 4. The molecule has 0 unspecified atom stereocenters. The lowest BCUT2D eigenvalue weighted by molar-refractivity contribution is 0.394. The number of aromatic nitrogens is 4. The summed E-state index contributed by atoms with van der Waals surface area (Å²) < 4.78 is 4.93. The lowest BCUT2D eigenvalue weighted by Gasteiger charge is -1.93. The molecule has 0 fully saturated rings. The fourth-order valence-electron chi connectivity index (χ4n) is 1.50. The third-order valence-corrected chi connectivity index (χ3v) is 2.23. The molecular formula is C10H8N4O. The van der Waals surface area contributed by atoms with Crippen molar-refractivity contribution in [3.63, 3.8) is 0 Å². The van der Waals surface area contributed by atoms with Gasteiger partial charge in [-0.3, -0.25) is 5.10 Å². The molecule has 0 saturated heterocycles. The highest BCUT2D eigenvalue weighted by atomic mass is 16.5. The molecular weight excluding hydrogens is 192 g/mol. The number of benzene rings is 1. The summed E-state index contributed by atoms with van der Waals surface area (Å²) in [6, 6.07) is 5.86. The summed E-state index contributed by atoms with van der Waals surface area (Å²) in [6.45, 7) is 1.77. The molecule has 3 rings (SSSR count). The number of nitrogens with one attached hydrogen (secondary N) is 1. The van der Waals surface area contributed by atoms with Crippen LogP contribution in [0.3, 0.4) is 0 Å². The van der Waals surface area contributed by atoms with Crippen molar-refractivity contribution in [2.45, 2.75) is 6.92 Å². The average molecular weight is 200 g/mol. The van der Waals surface area contributed by atoms with Crippen molar-refractivity contribution >= 4 is 10.9 Å². The van der Waals surface area contributed by atoms with E-state index in [1.165, 1.54) is 0 Å². The minimum absolute atomic E-state index is 0.567. The van der Waals surface area contributed by atoms with Crippen LogP contribution >= 0.6 is 0 Å². The van der Waals surface area contributed by atoms with Crippen LogP contribution in [0.15, 0.2) is 28.9 Å². The summed E-state index contributed by atoms with van der Waals surface area (Å²) in [4.78, 5) is 4.16. The van der Waals surface area contributed by atoms with Crippen LogP contribution in [0.1, 0.15) is 5.89 Å². The smallest absolute Gasteiger partial charge is 0.223 e. The monoisotopic (exact) mass is 200 g/mol. The molecule has 15 heavy (non-hydrogen) atoms. The molecule has 0 aliphatic rings. The molecule has 0 amide bonds. The molecule has 0 aliphatic heterocycles. The van der Waals surface area contributed by atoms with Gasteiger partial charge in [0.25, 0.3) is 0 Å². The molecule has 2 heterocycles. The first-order valence-electron chi connectivity index (χ1n) is 4.57. The van der Waals surface area contributed by atoms with E-state index in [0.29, 0.717) is 11.7 Å². The number of aromatic amines is 1. The van der Waals surface area contributed by atoms with E-state index < -0.39 is 0 Å². The van der Waals surface area contributed by atoms with Crippen LogP contribution in [0.25, 0.3) is 22.3 Å². The van der Waals surface area contributed by atoms with Crippen LogP contribution in [0.4, 0.5) is 0 Å². The maximum Gasteiger partial charge on any atom is 0.223 e. The summed E-state index contributed by atoms with van der Waals surface area (Å²) in [5.74, 6) is 1.17. The molecule has 1 aromatic carbocycles. The molecule has 5 nitrogen and oxygen atoms in total. The molecule has 0 atom stereocenters. The van der Waals surface area contributed by atoms with Gasteiger partial charge in [0, 0.05) is 17.9 Å². The molecule has 0 radical (unpaired) electrons. The number of H-pyrrole nitrogens is 1. The topological polar surface area (TPSA) is 67.6 Å². The Hall–Kier alpha value is -2.17. The first kappa shape index (κ1) is 8.16. The van der Waals surface area contributed by atoms with Gasteiger partial charge in [-0.05, 0) is 18.2 Å². The Morgan fingerprint density at radius 3 is 3.07 bits per heavy atom. The molecule has 2 aromatic heterocycles. The summed E-state index contributed by atoms with van der Waals surface area (Å²) >= 11 is 0. The summed E-state index contributed by atoms with van der Waals surface area (Å²) in [5, 5.41) is 11.7. The molecule has 5 heteroatoms. The summed E-state index contributed by atoms with van der Waals surface area (Å²) in [7, 11) is 0. The van der Waals surface area contributed by atoms with Crippen molar-refractivity contribution in [2.75, 3.05) is 0 Å².